The molecular formula is C8H11NS. The lowest BCUT2D eigenvalue weighted by atomic mass is 9.83. The number of rotatable bonds is 2. The summed E-state index contributed by atoms with van der Waals surface area (Å²) >= 11 is 1.79. The monoisotopic (exact) mass is 153 g/mol. The third-order valence-electron chi connectivity index (χ3n) is 2.17. The van der Waals surface area contributed by atoms with Gasteiger partial charge in [0.05, 0.1) is 5.01 Å². The minimum absolute atomic E-state index is 0.964. The Kier molecular flexibility index (Phi) is 1.72. The van der Waals surface area contributed by atoms with Crippen LogP contribution in [0.3, 0.4) is 0 Å². The van der Waals surface area contributed by atoms with E-state index in [1.165, 1.54) is 30.7 Å². The van der Waals surface area contributed by atoms with Crippen LogP contribution in [0.2, 0.25) is 0 Å². The zero-order valence-corrected chi connectivity index (χ0v) is 6.73. The fourth-order valence-corrected chi connectivity index (χ4v) is 2.03. The van der Waals surface area contributed by atoms with Crippen LogP contribution in [-0.4, -0.2) is 4.98 Å². The fourth-order valence-electron chi connectivity index (χ4n) is 1.30. The van der Waals surface area contributed by atoms with Crippen molar-refractivity contribution in [3.8, 4) is 0 Å². The molecule has 0 radical (unpaired) electrons. The third-order valence-corrected chi connectivity index (χ3v) is 2.97. The van der Waals surface area contributed by atoms with Crippen molar-refractivity contribution >= 4 is 11.3 Å². The van der Waals surface area contributed by atoms with Gasteiger partial charge < -0.3 is 0 Å². The van der Waals surface area contributed by atoms with Crippen LogP contribution in [0.1, 0.15) is 24.3 Å². The molecule has 1 heterocycles. The SMILES string of the molecule is c1csc(CC2CCC2)n1. The summed E-state index contributed by atoms with van der Waals surface area (Å²) < 4.78 is 0. The molecule has 0 spiro atoms. The summed E-state index contributed by atoms with van der Waals surface area (Å²) in [5.41, 5.74) is 0. The molecular weight excluding hydrogens is 142 g/mol. The lowest BCUT2D eigenvalue weighted by molar-refractivity contribution is 0.314. The number of aromatic nitrogens is 1. The quantitative estimate of drug-likeness (QED) is 0.636. The van der Waals surface area contributed by atoms with Gasteiger partial charge in [-0.2, -0.15) is 0 Å². The van der Waals surface area contributed by atoms with E-state index in [-0.39, 0.29) is 0 Å². The molecule has 2 rings (SSSR count). The fraction of sp³-hybridized carbons (Fsp3) is 0.625. The lowest BCUT2D eigenvalue weighted by Crippen LogP contribution is -2.13. The van der Waals surface area contributed by atoms with Crippen LogP contribution < -0.4 is 0 Å². The molecule has 1 nitrogen and oxygen atoms in total. The lowest BCUT2D eigenvalue weighted by Gasteiger charge is -2.23. The Morgan fingerprint density at radius 2 is 2.50 bits per heavy atom. The van der Waals surface area contributed by atoms with Crippen molar-refractivity contribution in [1.82, 2.24) is 4.98 Å². The highest BCUT2D eigenvalue weighted by Crippen LogP contribution is 2.29. The normalized spacial score (nSPS) is 18.8. The van der Waals surface area contributed by atoms with Gasteiger partial charge in [-0.15, -0.1) is 11.3 Å². The van der Waals surface area contributed by atoms with Crippen LogP contribution in [0, 0.1) is 5.92 Å². The van der Waals surface area contributed by atoms with Gasteiger partial charge in [-0.05, 0) is 5.92 Å². The topological polar surface area (TPSA) is 12.9 Å². The summed E-state index contributed by atoms with van der Waals surface area (Å²) in [4.78, 5) is 4.26. The van der Waals surface area contributed by atoms with E-state index in [2.05, 4.69) is 10.4 Å². The first-order chi connectivity index (χ1) is 4.95. The number of thiazole rings is 1. The van der Waals surface area contributed by atoms with Crippen molar-refractivity contribution in [3.05, 3.63) is 16.6 Å². The maximum Gasteiger partial charge on any atom is 0.0927 e. The van der Waals surface area contributed by atoms with E-state index < -0.39 is 0 Å². The van der Waals surface area contributed by atoms with Gasteiger partial charge in [-0.3, -0.25) is 0 Å². The van der Waals surface area contributed by atoms with Crippen molar-refractivity contribution < 1.29 is 0 Å². The number of hydrogen-bond acceptors (Lipinski definition) is 2. The molecule has 1 aromatic rings. The second-order valence-electron chi connectivity index (χ2n) is 2.93. The maximum absolute atomic E-state index is 4.26. The van der Waals surface area contributed by atoms with E-state index in [4.69, 9.17) is 0 Å². The van der Waals surface area contributed by atoms with Crippen molar-refractivity contribution in [2.24, 2.45) is 5.92 Å². The minimum atomic E-state index is 0.964. The average molecular weight is 153 g/mol. The zero-order valence-electron chi connectivity index (χ0n) is 5.92. The molecule has 2 heteroatoms. The van der Waals surface area contributed by atoms with Gasteiger partial charge >= 0.3 is 0 Å². The smallest absolute Gasteiger partial charge is 0.0927 e. The minimum Gasteiger partial charge on any atom is -0.250 e. The van der Waals surface area contributed by atoms with Gasteiger partial charge in [-0.25, -0.2) is 4.98 Å². The molecule has 1 aromatic heterocycles. The highest BCUT2D eigenvalue weighted by atomic mass is 32.1. The molecule has 10 heavy (non-hydrogen) atoms. The first-order valence-electron chi connectivity index (χ1n) is 3.83. The standard InChI is InChI=1S/C8H11NS/c1-2-7(3-1)6-8-9-4-5-10-8/h4-5,7H,1-3,6H2. The summed E-state index contributed by atoms with van der Waals surface area (Å²) in [7, 11) is 0. The van der Waals surface area contributed by atoms with Crippen molar-refractivity contribution in [2.75, 3.05) is 0 Å². The van der Waals surface area contributed by atoms with Gasteiger partial charge in [0.15, 0.2) is 0 Å². The molecule has 0 atom stereocenters. The maximum atomic E-state index is 4.26. The first-order valence-corrected chi connectivity index (χ1v) is 4.71. The second kappa shape index (κ2) is 2.70. The van der Waals surface area contributed by atoms with Crippen molar-refractivity contribution in [2.45, 2.75) is 25.7 Å². The summed E-state index contributed by atoms with van der Waals surface area (Å²) in [5.74, 6) is 0.964. The summed E-state index contributed by atoms with van der Waals surface area (Å²) in [5, 5.41) is 3.39. The highest BCUT2D eigenvalue weighted by Gasteiger charge is 2.18. The molecule has 0 aromatic carbocycles. The van der Waals surface area contributed by atoms with Gasteiger partial charge in [0.2, 0.25) is 0 Å². The van der Waals surface area contributed by atoms with Gasteiger partial charge in [0, 0.05) is 18.0 Å². The molecule has 0 saturated heterocycles. The second-order valence-corrected chi connectivity index (χ2v) is 3.91. The van der Waals surface area contributed by atoms with Crippen molar-refractivity contribution in [3.63, 3.8) is 0 Å². The molecule has 0 bridgehead atoms. The van der Waals surface area contributed by atoms with Gasteiger partial charge in [-0.1, -0.05) is 19.3 Å². The van der Waals surface area contributed by atoms with Crippen LogP contribution in [0.15, 0.2) is 11.6 Å². The molecule has 1 aliphatic carbocycles. The molecule has 0 unspecified atom stereocenters. The summed E-state index contributed by atoms with van der Waals surface area (Å²) in [6.07, 6.45) is 7.44. The van der Waals surface area contributed by atoms with Crippen LogP contribution >= 0.6 is 11.3 Å². The van der Waals surface area contributed by atoms with Gasteiger partial charge in [0.1, 0.15) is 0 Å². The van der Waals surface area contributed by atoms with Gasteiger partial charge in [0.25, 0.3) is 0 Å². The van der Waals surface area contributed by atoms with E-state index >= 15 is 0 Å². The number of nitrogens with zero attached hydrogens (tertiary/aromatic N) is 1. The molecule has 0 aliphatic heterocycles. The molecule has 0 amide bonds. The van der Waals surface area contributed by atoms with E-state index in [1.54, 1.807) is 11.3 Å². The van der Waals surface area contributed by atoms with E-state index in [9.17, 15) is 0 Å². The van der Waals surface area contributed by atoms with Crippen LogP contribution in [-0.2, 0) is 6.42 Å². The predicted molar refractivity (Wildman–Crippen MR) is 43.2 cm³/mol. The molecule has 54 valence electrons. The Hall–Kier alpha value is -0.370. The molecule has 1 saturated carbocycles. The Balaban J connectivity index is 1.90. The number of hydrogen-bond donors (Lipinski definition) is 0. The molecule has 0 N–H and O–H groups in total. The Morgan fingerprint density at radius 1 is 1.60 bits per heavy atom. The Bertz CT molecular complexity index is 189. The Labute approximate surface area is 65.1 Å². The summed E-state index contributed by atoms with van der Waals surface area (Å²) in [6, 6.07) is 0. The Morgan fingerprint density at radius 3 is 3.00 bits per heavy atom. The molecule has 1 fully saturated rings. The van der Waals surface area contributed by atoms with Crippen molar-refractivity contribution in [1.29, 1.82) is 0 Å². The predicted octanol–water partition coefficient (Wildman–Crippen LogP) is 2.49. The highest BCUT2D eigenvalue weighted by molar-refractivity contribution is 7.09. The van der Waals surface area contributed by atoms with Crippen LogP contribution in [0.25, 0.3) is 0 Å². The van der Waals surface area contributed by atoms with Crippen LogP contribution in [0.5, 0.6) is 0 Å². The summed E-state index contributed by atoms with van der Waals surface area (Å²) in [6.45, 7) is 0. The van der Waals surface area contributed by atoms with E-state index in [0.717, 1.165) is 5.92 Å². The third kappa shape index (κ3) is 1.21. The van der Waals surface area contributed by atoms with E-state index in [0.29, 0.717) is 0 Å². The largest absolute Gasteiger partial charge is 0.250 e. The average Bonchev–Trinajstić information content (AvgIpc) is 2.29. The van der Waals surface area contributed by atoms with Crippen LogP contribution in [0.4, 0.5) is 0 Å². The first kappa shape index (κ1) is 6.35. The molecule has 1 aliphatic rings. The van der Waals surface area contributed by atoms with E-state index in [1.807, 2.05) is 6.20 Å². The zero-order chi connectivity index (χ0) is 6.81.